The molecule has 0 aliphatic carbocycles. The number of amides is 1. The van der Waals surface area contributed by atoms with E-state index in [0.29, 0.717) is 6.42 Å². The first-order chi connectivity index (χ1) is 7.52. The fourth-order valence-corrected chi connectivity index (χ4v) is 2.34. The van der Waals surface area contributed by atoms with E-state index in [9.17, 15) is 4.79 Å². The van der Waals surface area contributed by atoms with Gasteiger partial charge < -0.3 is 10.4 Å². The van der Waals surface area contributed by atoms with Gasteiger partial charge in [0.15, 0.2) is 0 Å². The maximum absolute atomic E-state index is 12.0. The second-order valence-corrected chi connectivity index (χ2v) is 5.05. The molecular weight excluding hydrogens is 222 g/mol. The highest BCUT2D eigenvalue weighted by Crippen LogP contribution is 2.18. The Labute approximate surface area is 100 Å². The average Bonchev–Trinajstić information content (AvgIpc) is 2.65. The van der Waals surface area contributed by atoms with Crippen LogP contribution in [0.4, 0.5) is 0 Å². The molecule has 0 saturated heterocycles. The fourth-order valence-electron chi connectivity index (χ4n) is 1.51. The first-order valence-electron chi connectivity index (χ1n) is 5.48. The Kier molecular flexibility index (Phi) is 4.50. The highest BCUT2D eigenvalue weighted by atomic mass is 32.1. The largest absolute Gasteiger partial charge is 0.396 e. The molecule has 2 N–H and O–H groups in total. The monoisotopic (exact) mass is 241 g/mol. The van der Waals surface area contributed by atoms with Crippen LogP contribution in [0.2, 0.25) is 0 Å². The quantitative estimate of drug-likeness (QED) is 0.831. The normalized spacial score (nSPS) is 14.5. The van der Waals surface area contributed by atoms with Gasteiger partial charge in [-0.3, -0.25) is 4.79 Å². The predicted octanol–water partition coefficient (Wildman–Crippen LogP) is 2.34. The number of nitrogens with one attached hydrogen (secondary N) is 1. The van der Waals surface area contributed by atoms with Crippen molar-refractivity contribution >= 4 is 17.2 Å². The Morgan fingerprint density at radius 3 is 2.69 bits per heavy atom. The van der Waals surface area contributed by atoms with Gasteiger partial charge in [0, 0.05) is 17.5 Å². The van der Waals surface area contributed by atoms with Crippen LogP contribution in [-0.2, 0) is 0 Å². The molecule has 16 heavy (non-hydrogen) atoms. The van der Waals surface area contributed by atoms with Crippen molar-refractivity contribution in [2.24, 2.45) is 0 Å². The third kappa shape index (κ3) is 3.06. The summed E-state index contributed by atoms with van der Waals surface area (Å²) in [7, 11) is 0. The molecule has 0 fully saturated rings. The molecule has 1 amide bonds. The molecule has 3 nitrogen and oxygen atoms in total. The van der Waals surface area contributed by atoms with E-state index in [1.54, 1.807) is 0 Å². The van der Waals surface area contributed by atoms with Crippen molar-refractivity contribution in [1.29, 1.82) is 0 Å². The Hall–Kier alpha value is -0.870. The van der Waals surface area contributed by atoms with Crippen LogP contribution in [0.15, 0.2) is 10.8 Å². The number of aliphatic hydroxyl groups excluding tert-OH is 1. The Bertz CT molecular complexity index is 362. The molecule has 0 saturated carbocycles. The van der Waals surface area contributed by atoms with Gasteiger partial charge in [-0.2, -0.15) is 11.3 Å². The third-order valence-corrected chi connectivity index (χ3v) is 3.82. The number of hydrogen-bond acceptors (Lipinski definition) is 3. The molecule has 1 atom stereocenters. The SMILES string of the molecule is CCC(C)(CCO)NC(=O)c1cscc1C. The number of thiophene rings is 1. The van der Waals surface area contributed by atoms with Crippen molar-refractivity contribution in [2.75, 3.05) is 6.61 Å². The minimum absolute atomic E-state index is 0.0449. The third-order valence-electron chi connectivity index (χ3n) is 2.96. The molecule has 0 radical (unpaired) electrons. The molecule has 0 aromatic carbocycles. The van der Waals surface area contributed by atoms with Crippen molar-refractivity contribution in [3.05, 3.63) is 21.9 Å². The summed E-state index contributed by atoms with van der Waals surface area (Å²) in [5.74, 6) is -0.0449. The van der Waals surface area contributed by atoms with E-state index >= 15 is 0 Å². The molecule has 0 bridgehead atoms. The minimum atomic E-state index is -0.319. The molecule has 0 aliphatic rings. The molecule has 0 aliphatic heterocycles. The van der Waals surface area contributed by atoms with E-state index in [4.69, 9.17) is 5.11 Å². The average molecular weight is 241 g/mol. The van der Waals surface area contributed by atoms with E-state index in [0.717, 1.165) is 17.5 Å². The zero-order valence-electron chi connectivity index (χ0n) is 10.0. The number of hydrogen-bond donors (Lipinski definition) is 2. The molecular formula is C12H19NO2S. The molecule has 1 aromatic heterocycles. The van der Waals surface area contributed by atoms with Crippen LogP contribution in [-0.4, -0.2) is 23.2 Å². The van der Waals surface area contributed by atoms with Gasteiger partial charge in [-0.05, 0) is 37.6 Å². The van der Waals surface area contributed by atoms with Crippen LogP contribution in [0, 0.1) is 6.92 Å². The van der Waals surface area contributed by atoms with Gasteiger partial charge in [0.1, 0.15) is 0 Å². The van der Waals surface area contributed by atoms with Crippen LogP contribution < -0.4 is 5.32 Å². The lowest BCUT2D eigenvalue weighted by atomic mass is 9.94. The lowest BCUT2D eigenvalue weighted by molar-refractivity contribution is 0.0886. The summed E-state index contributed by atoms with van der Waals surface area (Å²) < 4.78 is 0. The van der Waals surface area contributed by atoms with Crippen molar-refractivity contribution < 1.29 is 9.90 Å². The molecule has 1 unspecified atom stereocenters. The van der Waals surface area contributed by atoms with Gasteiger partial charge in [-0.15, -0.1) is 0 Å². The van der Waals surface area contributed by atoms with Crippen LogP contribution in [0.1, 0.15) is 42.6 Å². The lowest BCUT2D eigenvalue weighted by Gasteiger charge is -2.29. The first kappa shape index (κ1) is 13.2. The highest BCUT2D eigenvalue weighted by molar-refractivity contribution is 7.08. The summed E-state index contributed by atoms with van der Waals surface area (Å²) in [5, 5.41) is 15.8. The molecule has 1 aromatic rings. The minimum Gasteiger partial charge on any atom is -0.396 e. The predicted molar refractivity (Wildman–Crippen MR) is 66.9 cm³/mol. The number of carbonyl (C=O) groups excluding carboxylic acids is 1. The van der Waals surface area contributed by atoms with Crippen LogP contribution in [0.25, 0.3) is 0 Å². The fraction of sp³-hybridized carbons (Fsp3) is 0.583. The molecule has 90 valence electrons. The van der Waals surface area contributed by atoms with E-state index in [2.05, 4.69) is 5.32 Å². The number of aryl methyl sites for hydroxylation is 1. The first-order valence-corrected chi connectivity index (χ1v) is 6.43. The maximum Gasteiger partial charge on any atom is 0.252 e. The van der Waals surface area contributed by atoms with Gasteiger partial charge in [-0.1, -0.05) is 6.92 Å². The Morgan fingerprint density at radius 2 is 2.25 bits per heavy atom. The van der Waals surface area contributed by atoms with E-state index in [1.807, 2.05) is 31.5 Å². The van der Waals surface area contributed by atoms with E-state index < -0.39 is 0 Å². The van der Waals surface area contributed by atoms with Gasteiger partial charge in [0.2, 0.25) is 0 Å². The van der Waals surface area contributed by atoms with E-state index in [1.165, 1.54) is 11.3 Å². The van der Waals surface area contributed by atoms with Crippen molar-refractivity contribution in [3.63, 3.8) is 0 Å². The zero-order chi connectivity index (χ0) is 12.2. The van der Waals surface area contributed by atoms with Gasteiger partial charge in [-0.25, -0.2) is 0 Å². The van der Waals surface area contributed by atoms with Crippen LogP contribution in [0.3, 0.4) is 0 Å². The van der Waals surface area contributed by atoms with Crippen molar-refractivity contribution in [3.8, 4) is 0 Å². The highest BCUT2D eigenvalue weighted by Gasteiger charge is 2.24. The number of aliphatic hydroxyl groups is 1. The smallest absolute Gasteiger partial charge is 0.252 e. The van der Waals surface area contributed by atoms with Crippen LogP contribution >= 0.6 is 11.3 Å². The summed E-state index contributed by atoms with van der Waals surface area (Å²) in [4.78, 5) is 12.0. The van der Waals surface area contributed by atoms with Crippen molar-refractivity contribution in [2.45, 2.75) is 39.2 Å². The number of carbonyl (C=O) groups is 1. The maximum atomic E-state index is 12.0. The zero-order valence-corrected chi connectivity index (χ0v) is 10.9. The summed E-state index contributed by atoms with van der Waals surface area (Å²) >= 11 is 1.53. The van der Waals surface area contributed by atoms with Gasteiger partial charge in [0.05, 0.1) is 5.56 Å². The second kappa shape index (κ2) is 5.46. The van der Waals surface area contributed by atoms with Gasteiger partial charge in [0.25, 0.3) is 5.91 Å². The summed E-state index contributed by atoms with van der Waals surface area (Å²) in [5.41, 5.74) is 1.42. The molecule has 4 heteroatoms. The topological polar surface area (TPSA) is 49.3 Å². The molecule has 0 spiro atoms. The Balaban J connectivity index is 2.73. The van der Waals surface area contributed by atoms with Crippen LogP contribution in [0.5, 0.6) is 0 Å². The van der Waals surface area contributed by atoms with Crippen molar-refractivity contribution in [1.82, 2.24) is 5.32 Å². The molecule has 1 heterocycles. The number of rotatable bonds is 5. The lowest BCUT2D eigenvalue weighted by Crippen LogP contribution is -2.46. The Morgan fingerprint density at radius 1 is 1.56 bits per heavy atom. The summed E-state index contributed by atoms with van der Waals surface area (Å²) in [6.07, 6.45) is 1.39. The molecule has 1 rings (SSSR count). The van der Waals surface area contributed by atoms with E-state index in [-0.39, 0.29) is 18.1 Å². The van der Waals surface area contributed by atoms with Gasteiger partial charge >= 0.3 is 0 Å². The summed E-state index contributed by atoms with van der Waals surface area (Å²) in [6, 6.07) is 0. The summed E-state index contributed by atoms with van der Waals surface area (Å²) in [6.45, 7) is 5.99. The standard InChI is InChI=1S/C12H19NO2S/c1-4-12(3,5-6-14)13-11(15)10-8-16-7-9(10)2/h7-8,14H,4-6H2,1-3H3,(H,13,15). The second-order valence-electron chi connectivity index (χ2n) is 4.31.